The predicted octanol–water partition coefficient (Wildman–Crippen LogP) is 2.52. The van der Waals surface area contributed by atoms with E-state index in [1.54, 1.807) is 18.7 Å². The first-order valence-corrected chi connectivity index (χ1v) is 9.68. The van der Waals surface area contributed by atoms with Crippen LogP contribution in [0.2, 0.25) is 0 Å². The molecule has 2 amide bonds. The number of rotatable bonds is 6. The quantitative estimate of drug-likeness (QED) is 0.743. The van der Waals surface area contributed by atoms with Gasteiger partial charge in [0.1, 0.15) is 11.5 Å². The fraction of sp³-hybridized carbons (Fsp3) is 0.450. The second-order valence-electron chi connectivity index (χ2n) is 7.26. The standard InChI is InChI=1S/C20H23F3N4O4/c1-13-17(14(2)31-25-13)11-19(29)27-9-7-26(8-10-27)12-18(28)24-15-3-5-16(6-4-15)30-20(21,22)23/h3-6H,7-12H2,1-2H3,(H,24,28). The van der Waals surface area contributed by atoms with E-state index in [-0.39, 0.29) is 30.5 Å². The van der Waals surface area contributed by atoms with Gasteiger partial charge in [0.25, 0.3) is 0 Å². The maximum Gasteiger partial charge on any atom is 0.573 e. The molecule has 0 atom stereocenters. The summed E-state index contributed by atoms with van der Waals surface area (Å²) in [5.41, 5.74) is 1.88. The minimum Gasteiger partial charge on any atom is -0.406 e. The maximum atomic E-state index is 12.5. The number of nitrogens with zero attached hydrogens (tertiary/aromatic N) is 3. The van der Waals surface area contributed by atoms with E-state index >= 15 is 0 Å². The summed E-state index contributed by atoms with van der Waals surface area (Å²) in [4.78, 5) is 28.4. The third-order valence-electron chi connectivity index (χ3n) is 4.97. The predicted molar refractivity (Wildman–Crippen MR) is 104 cm³/mol. The third kappa shape index (κ3) is 6.45. The van der Waals surface area contributed by atoms with Gasteiger partial charge in [-0.25, -0.2) is 0 Å². The Morgan fingerprint density at radius 3 is 2.32 bits per heavy atom. The number of aromatic nitrogens is 1. The highest BCUT2D eigenvalue weighted by atomic mass is 19.4. The molecule has 1 fully saturated rings. The molecule has 8 nitrogen and oxygen atoms in total. The second-order valence-corrected chi connectivity index (χ2v) is 7.26. The average molecular weight is 440 g/mol. The lowest BCUT2D eigenvalue weighted by Gasteiger charge is -2.34. The molecule has 0 bridgehead atoms. The van der Waals surface area contributed by atoms with Crippen molar-refractivity contribution in [1.29, 1.82) is 0 Å². The summed E-state index contributed by atoms with van der Waals surface area (Å²) in [6, 6.07) is 4.94. The number of carbonyl (C=O) groups is 2. The van der Waals surface area contributed by atoms with Gasteiger partial charge in [-0.05, 0) is 38.1 Å². The van der Waals surface area contributed by atoms with Gasteiger partial charge in [0, 0.05) is 37.4 Å². The van der Waals surface area contributed by atoms with Crippen LogP contribution in [0.25, 0.3) is 0 Å². The third-order valence-corrected chi connectivity index (χ3v) is 4.97. The molecule has 1 saturated heterocycles. The van der Waals surface area contributed by atoms with Crippen LogP contribution in [0.5, 0.6) is 5.75 Å². The van der Waals surface area contributed by atoms with Crippen LogP contribution in [0.15, 0.2) is 28.8 Å². The lowest BCUT2D eigenvalue weighted by atomic mass is 10.1. The molecule has 1 aromatic carbocycles. The van der Waals surface area contributed by atoms with Gasteiger partial charge in [-0.1, -0.05) is 5.16 Å². The van der Waals surface area contributed by atoms with E-state index in [4.69, 9.17) is 4.52 Å². The SMILES string of the molecule is Cc1noc(C)c1CC(=O)N1CCN(CC(=O)Nc2ccc(OC(F)(F)F)cc2)CC1. The van der Waals surface area contributed by atoms with Crippen molar-refractivity contribution in [3.8, 4) is 5.75 Å². The van der Waals surface area contributed by atoms with Crippen LogP contribution in [0.1, 0.15) is 17.0 Å². The highest BCUT2D eigenvalue weighted by Gasteiger charge is 2.31. The molecule has 1 aliphatic heterocycles. The summed E-state index contributed by atoms with van der Waals surface area (Å²) in [5.74, 6) is -0.0262. The van der Waals surface area contributed by atoms with E-state index in [1.807, 2.05) is 4.90 Å². The number of ether oxygens (including phenoxy) is 1. The molecule has 3 rings (SSSR count). The van der Waals surface area contributed by atoms with Crippen LogP contribution in [0.3, 0.4) is 0 Å². The van der Waals surface area contributed by atoms with Gasteiger partial charge in [-0.2, -0.15) is 0 Å². The van der Waals surface area contributed by atoms with Gasteiger partial charge < -0.3 is 19.5 Å². The second kappa shape index (κ2) is 9.38. The number of amides is 2. The van der Waals surface area contributed by atoms with Crippen LogP contribution in [0.4, 0.5) is 18.9 Å². The van der Waals surface area contributed by atoms with Crippen molar-refractivity contribution < 1.29 is 32.0 Å². The normalized spacial score (nSPS) is 15.1. The smallest absolute Gasteiger partial charge is 0.406 e. The molecule has 2 aromatic rings. The van der Waals surface area contributed by atoms with Crippen LogP contribution in [-0.2, 0) is 16.0 Å². The molecule has 0 unspecified atom stereocenters. The van der Waals surface area contributed by atoms with Crippen LogP contribution < -0.4 is 10.1 Å². The van der Waals surface area contributed by atoms with Crippen molar-refractivity contribution in [2.75, 3.05) is 38.0 Å². The first-order valence-electron chi connectivity index (χ1n) is 9.68. The average Bonchev–Trinajstić information content (AvgIpc) is 3.01. The maximum absolute atomic E-state index is 12.5. The zero-order valence-electron chi connectivity index (χ0n) is 17.2. The molecule has 1 aromatic heterocycles. The van der Waals surface area contributed by atoms with Gasteiger partial charge in [-0.3, -0.25) is 14.5 Å². The fourth-order valence-electron chi connectivity index (χ4n) is 3.32. The molecule has 2 heterocycles. The fourth-order valence-corrected chi connectivity index (χ4v) is 3.32. The minimum atomic E-state index is -4.76. The van der Waals surface area contributed by atoms with E-state index in [0.29, 0.717) is 43.3 Å². The number of benzene rings is 1. The number of carbonyl (C=O) groups excluding carboxylic acids is 2. The Kier molecular flexibility index (Phi) is 6.84. The first-order chi connectivity index (χ1) is 14.6. The molecule has 0 aliphatic carbocycles. The molecule has 31 heavy (non-hydrogen) atoms. The molecule has 0 spiro atoms. The van der Waals surface area contributed by atoms with Crippen LogP contribution in [0, 0.1) is 13.8 Å². The van der Waals surface area contributed by atoms with Gasteiger partial charge in [0.05, 0.1) is 18.7 Å². The summed E-state index contributed by atoms with van der Waals surface area (Å²) in [7, 11) is 0. The van der Waals surface area contributed by atoms with Crippen molar-refractivity contribution in [3.05, 3.63) is 41.3 Å². The van der Waals surface area contributed by atoms with Crippen molar-refractivity contribution in [3.63, 3.8) is 0 Å². The van der Waals surface area contributed by atoms with E-state index in [2.05, 4.69) is 15.2 Å². The van der Waals surface area contributed by atoms with E-state index in [1.165, 1.54) is 12.1 Å². The summed E-state index contributed by atoms with van der Waals surface area (Å²) in [6.45, 7) is 5.77. The van der Waals surface area contributed by atoms with Crippen molar-refractivity contribution in [2.45, 2.75) is 26.6 Å². The Bertz CT molecular complexity index is 900. The van der Waals surface area contributed by atoms with Crippen molar-refractivity contribution >= 4 is 17.5 Å². The summed E-state index contributed by atoms with van der Waals surface area (Å²) in [6.07, 6.45) is -4.53. The number of alkyl halides is 3. The largest absolute Gasteiger partial charge is 0.573 e. The minimum absolute atomic E-state index is 0.0142. The zero-order chi connectivity index (χ0) is 22.6. The lowest BCUT2D eigenvalue weighted by Crippen LogP contribution is -2.50. The number of hydrogen-bond donors (Lipinski definition) is 1. The molecule has 11 heteroatoms. The monoisotopic (exact) mass is 440 g/mol. The van der Waals surface area contributed by atoms with Gasteiger partial charge in [0.2, 0.25) is 11.8 Å². The number of halogens is 3. The molecule has 1 N–H and O–H groups in total. The zero-order valence-corrected chi connectivity index (χ0v) is 17.2. The van der Waals surface area contributed by atoms with Crippen molar-refractivity contribution in [2.24, 2.45) is 0 Å². The Labute approximate surface area is 176 Å². The number of hydrogen-bond acceptors (Lipinski definition) is 6. The lowest BCUT2D eigenvalue weighted by molar-refractivity contribution is -0.274. The number of anilines is 1. The van der Waals surface area contributed by atoms with Crippen LogP contribution in [-0.4, -0.2) is 65.9 Å². The van der Waals surface area contributed by atoms with Crippen LogP contribution >= 0.6 is 0 Å². The Hall–Kier alpha value is -3.08. The summed E-state index contributed by atoms with van der Waals surface area (Å²) in [5, 5.41) is 6.50. The number of aryl methyl sites for hydroxylation is 2. The molecule has 168 valence electrons. The Balaban J connectivity index is 1.43. The van der Waals surface area contributed by atoms with E-state index in [9.17, 15) is 22.8 Å². The molecule has 1 aliphatic rings. The van der Waals surface area contributed by atoms with Gasteiger partial charge in [0.15, 0.2) is 0 Å². The summed E-state index contributed by atoms with van der Waals surface area (Å²) < 4.78 is 45.5. The Morgan fingerprint density at radius 1 is 1.13 bits per heavy atom. The molecule has 0 saturated carbocycles. The molecule has 0 radical (unpaired) electrons. The Morgan fingerprint density at radius 2 is 1.77 bits per heavy atom. The van der Waals surface area contributed by atoms with Crippen molar-refractivity contribution in [1.82, 2.24) is 15.0 Å². The number of piperazine rings is 1. The highest BCUT2D eigenvalue weighted by Crippen LogP contribution is 2.24. The van der Waals surface area contributed by atoms with Gasteiger partial charge >= 0.3 is 6.36 Å². The number of nitrogens with one attached hydrogen (secondary N) is 1. The summed E-state index contributed by atoms with van der Waals surface area (Å²) >= 11 is 0. The molecular weight excluding hydrogens is 417 g/mol. The molecular formula is C20H23F3N4O4. The van der Waals surface area contributed by atoms with Gasteiger partial charge in [-0.15, -0.1) is 13.2 Å². The first kappa shape index (κ1) is 22.6. The van der Waals surface area contributed by atoms with E-state index < -0.39 is 6.36 Å². The van der Waals surface area contributed by atoms with E-state index in [0.717, 1.165) is 17.7 Å². The topological polar surface area (TPSA) is 87.9 Å². The highest BCUT2D eigenvalue weighted by molar-refractivity contribution is 5.92.